The van der Waals surface area contributed by atoms with Gasteiger partial charge in [0.05, 0.1) is 11.9 Å². The summed E-state index contributed by atoms with van der Waals surface area (Å²) in [5, 5.41) is 2.59. The van der Waals surface area contributed by atoms with Crippen molar-refractivity contribution >= 4 is 27.5 Å². The first kappa shape index (κ1) is 30.3. The number of nitrogens with zero attached hydrogens (tertiary/aromatic N) is 2. The maximum absolute atomic E-state index is 14.7. The molecule has 1 N–H and O–H groups in total. The largest absolute Gasteiger partial charge is 0.457 e. The van der Waals surface area contributed by atoms with Crippen LogP contribution >= 0.6 is 0 Å². The average molecular weight is 590 g/mol. The zero-order chi connectivity index (χ0) is 30.1. The number of carbonyl (C=O) groups is 2. The van der Waals surface area contributed by atoms with Gasteiger partial charge in [0.15, 0.2) is 0 Å². The topological polar surface area (TPSA) is 96.0 Å². The van der Waals surface area contributed by atoms with Crippen molar-refractivity contribution in [2.75, 3.05) is 24.2 Å². The van der Waals surface area contributed by atoms with Gasteiger partial charge in [-0.1, -0.05) is 66.7 Å². The number of anilines is 1. The van der Waals surface area contributed by atoms with E-state index in [0.29, 0.717) is 11.5 Å². The lowest BCUT2D eigenvalue weighted by Crippen LogP contribution is -2.53. The van der Waals surface area contributed by atoms with E-state index in [1.165, 1.54) is 42.3 Å². The van der Waals surface area contributed by atoms with Gasteiger partial charge in [0.1, 0.15) is 29.9 Å². The molecular formula is C32H32FN3O5S. The second-order valence-corrected chi connectivity index (χ2v) is 11.5. The van der Waals surface area contributed by atoms with E-state index in [1.807, 2.05) is 48.5 Å². The van der Waals surface area contributed by atoms with E-state index in [-0.39, 0.29) is 24.2 Å². The number of amides is 2. The Bertz CT molecular complexity index is 1600. The van der Waals surface area contributed by atoms with Gasteiger partial charge in [0, 0.05) is 25.6 Å². The molecule has 0 bridgehead atoms. The molecule has 0 heterocycles. The third-order valence-electron chi connectivity index (χ3n) is 6.60. The Morgan fingerprint density at radius 3 is 2.00 bits per heavy atom. The summed E-state index contributed by atoms with van der Waals surface area (Å²) in [5.41, 5.74) is 1.21. The van der Waals surface area contributed by atoms with Crippen LogP contribution < -0.4 is 14.4 Å². The van der Waals surface area contributed by atoms with Crippen LogP contribution in [0.3, 0.4) is 0 Å². The quantitative estimate of drug-likeness (QED) is 0.257. The molecule has 0 fully saturated rings. The highest BCUT2D eigenvalue weighted by Crippen LogP contribution is 2.26. The van der Waals surface area contributed by atoms with E-state index >= 15 is 0 Å². The van der Waals surface area contributed by atoms with Gasteiger partial charge < -0.3 is 15.0 Å². The van der Waals surface area contributed by atoms with Gasteiger partial charge in [-0.3, -0.25) is 13.9 Å². The maximum atomic E-state index is 14.7. The first-order valence-corrected chi connectivity index (χ1v) is 15.1. The molecule has 10 heteroatoms. The van der Waals surface area contributed by atoms with Crippen LogP contribution in [0.1, 0.15) is 11.1 Å². The van der Waals surface area contributed by atoms with E-state index < -0.39 is 40.2 Å². The Labute approximate surface area is 245 Å². The van der Waals surface area contributed by atoms with E-state index in [9.17, 15) is 22.4 Å². The predicted molar refractivity (Wildman–Crippen MR) is 160 cm³/mol. The van der Waals surface area contributed by atoms with Crippen LogP contribution in [0.2, 0.25) is 0 Å². The minimum atomic E-state index is -3.94. The summed E-state index contributed by atoms with van der Waals surface area (Å²) in [6.07, 6.45) is 1.14. The molecule has 0 saturated heterocycles. The van der Waals surface area contributed by atoms with Gasteiger partial charge in [-0.15, -0.1) is 0 Å². The van der Waals surface area contributed by atoms with Gasteiger partial charge in [0.25, 0.3) is 0 Å². The summed E-state index contributed by atoms with van der Waals surface area (Å²) in [4.78, 5) is 28.3. The molecule has 0 spiro atoms. The van der Waals surface area contributed by atoms with Crippen molar-refractivity contribution in [2.45, 2.75) is 19.0 Å². The highest BCUT2D eigenvalue weighted by Gasteiger charge is 2.33. The van der Waals surface area contributed by atoms with Crippen LogP contribution in [-0.4, -0.2) is 51.0 Å². The lowest BCUT2D eigenvalue weighted by Gasteiger charge is -2.33. The highest BCUT2D eigenvalue weighted by molar-refractivity contribution is 7.92. The van der Waals surface area contributed by atoms with Crippen molar-refractivity contribution in [3.63, 3.8) is 0 Å². The Kier molecular flexibility index (Phi) is 9.93. The minimum absolute atomic E-state index is 0.144. The zero-order valence-corrected chi connectivity index (χ0v) is 24.1. The molecule has 0 aliphatic heterocycles. The zero-order valence-electron chi connectivity index (χ0n) is 23.3. The molecule has 8 nitrogen and oxygen atoms in total. The number of hydrogen-bond donors (Lipinski definition) is 1. The van der Waals surface area contributed by atoms with Crippen LogP contribution in [0.5, 0.6) is 11.5 Å². The molecule has 4 aromatic rings. The fraction of sp³-hybridized carbons (Fsp3) is 0.188. The number of likely N-dealkylation sites (N-methyl/N-ethyl adjacent to an activating group) is 1. The molecular weight excluding hydrogens is 557 g/mol. The molecule has 4 aromatic carbocycles. The predicted octanol–water partition coefficient (Wildman–Crippen LogP) is 4.77. The Hall–Kier alpha value is -4.70. The van der Waals surface area contributed by atoms with E-state index in [4.69, 9.17) is 4.74 Å². The van der Waals surface area contributed by atoms with Crippen LogP contribution in [0.4, 0.5) is 10.1 Å². The van der Waals surface area contributed by atoms with E-state index in [0.717, 1.165) is 16.1 Å². The molecule has 2 amide bonds. The Morgan fingerprint density at radius 1 is 0.833 bits per heavy atom. The molecule has 0 unspecified atom stereocenters. The smallest absolute Gasteiger partial charge is 0.244 e. The Balaban J connectivity index is 1.66. The second kappa shape index (κ2) is 13.8. The van der Waals surface area contributed by atoms with Crippen molar-refractivity contribution in [2.24, 2.45) is 0 Å². The van der Waals surface area contributed by atoms with Crippen LogP contribution in [-0.2, 0) is 32.6 Å². The number of hydrogen-bond acceptors (Lipinski definition) is 5. The number of benzene rings is 4. The highest BCUT2D eigenvalue weighted by atomic mass is 32.2. The first-order valence-electron chi connectivity index (χ1n) is 13.2. The SMILES string of the molecule is CNC(=O)[C@@H](Cc1ccccc1)N(Cc1ccccc1F)C(=O)CN(c1ccc(Oc2ccccc2)cc1)S(C)(=O)=O. The molecule has 0 aliphatic rings. The van der Waals surface area contributed by atoms with E-state index in [2.05, 4.69) is 5.32 Å². The first-order chi connectivity index (χ1) is 20.2. The van der Waals surface area contributed by atoms with Crippen molar-refractivity contribution in [3.8, 4) is 11.5 Å². The molecule has 1 atom stereocenters. The summed E-state index contributed by atoms with van der Waals surface area (Å²) in [7, 11) is -2.49. The number of ether oxygens (including phenoxy) is 1. The number of nitrogens with one attached hydrogen (secondary N) is 1. The van der Waals surface area contributed by atoms with Gasteiger partial charge in [-0.05, 0) is 48.0 Å². The Morgan fingerprint density at radius 2 is 1.40 bits per heavy atom. The molecule has 4 rings (SSSR count). The monoisotopic (exact) mass is 589 g/mol. The number of halogens is 1. The van der Waals surface area contributed by atoms with Crippen molar-refractivity contribution < 1.29 is 27.1 Å². The number of sulfonamides is 1. The number of rotatable bonds is 12. The van der Waals surface area contributed by atoms with Gasteiger partial charge in [-0.2, -0.15) is 0 Å². The number of para-hydroxylation sites is 1. The molecule has 218 valence electrons. The lowest BCUT2D eigenvalue weighted by atomic mass is 10.0. The molecule has 0 radical (unpaired) electrons. The van der Waals surface area contributed by atoms with Gasteiger partial charge in [0.2, 0.25) is 21.8 Å². The molecule has 0 aliphatic carbocycles. The number of carbonyl (C=O) groups excluding carboxylic acids is 2. The fourth-order valence-corrected chi connectivity index (χ4v) is 5.30. The average Bonchev–Trinajstić information content (AvgIpc) is 2.99. The summed E-state index contributed by atoms with van der Waals surface area (Å²) in [6.45, 7) is -0.841. The maximum Gasteiger partial charge on any atom is 0.244 e. The second-order valence-electron chi connectivity index (χ2n) is 9.61. The standard InChI is InChI=1S/C32H32FN3O5S/c1-34-32(38)30(21-24-11-5-3-6-12-24)35(22-25-13-9-10-16-29(25)33)31(37)23-36(42(2,39)40)26-17-19-28(20-18-26)41-27-14-7-4-8-15-27/h3-20,30H,21-23H2,1-2H3,(H,34,38)/t30-/m1/s1. The van der Waals surface area contributed by atoms with Crippen molar-refractivity contribution in [1.82, 2.24) is 10.2 Å². The molecule has 0 aromatic heterocycles. The van der Waals surface area contributed by atoms with Crippen molar-refractivity contribution in [1.29, 1.82) is 0 Å². The van der Waals surface area contributed by atoms with Crippen molar-refractivity contribution in [3.05, 3.63) is 126 Å². The summed E-state index contributed by atoms with van der Waals surface area (Å²) < 4.78 is 47.3. The molecule has 0 saturated carbocycles. The third-order valence-corrected chi connectivity index (χ3v) is 7.74. The van der Waals surface area contributed by atoms with Gasteiger partial charge in [-0.25, -0.2) is 12.8 Å². The van der Waals surface area contributed by atoms with Gasteiger partial charge >= 0.3 is 0 Å². The summed E-state index contributed by atoms with van der Waals surface area (Å²) in [5.74, 6) is -0.578. The van der Waals surface area contributed by atoms with Crippen LogP contribution in [0.25, 0.3) is 0 Å². The summed E-state index contributed by atoms with van der Waals surface area (Å²) >= 11 is 0. The van der Waals surface area contributed by atoms with Crippen LogP contribution in [0.15, 0.2) is 109 Å². The summed E-state index contributed by atoms with van der Waals surface area (Å²) in [6, 6.07) is 29.4. The minimum Gasteiger partial charge on any atom is -0.457 e. The lowest BCUT2D eigenvalue weighted by molar-refractivity contribution is -0.139. The molecule has 42 heavy (non-hydrogen) atoms. The van der Waals surface area contributed by atoms with Crippen LogP contribution in [0, 0.1) is 5.82 Å². The normalized spacial score (nSPS) is 11.8. The fourth-order valence-electron chi connectivity index (χ4n) is 4.45. The third kappa shape index (κ3) is 7.94. The van der Waals surface area contributed by atoms with E-state index in [1.54, 1.807) is 30.3 Å².